The van der Waals surface area contributed by atoms with Gasteiger partial charge in [-0.1, -0.05) is 85.1 Å². The molecule has 1 aromatic carbocycles. The van der Waals surface area contributed by atoms with Crippen molar-refractivity contribution < 1.29 is 19.0 Å². The van der Waals surface area contributed by atoms with Crippen molar-refractivity contribution >= 4 is 8.32 Å². The number of hydrogen-bond acceptors (Lipinski definition) is 4. The monoisotopic (exact) mass is 516 g/mol. The molecule has 5 atom stereocenters. The molecule has 2 saturated carbocycles. The Labute approximate surface area is 221 Å². The molecule has 2 aliphatic carbocycles. The van der Waals surface area contributed by atoms with Gasteiger partial charge in [0, 0.05) is 24.2 Å². The zero-order valence-electron chi connectivity index (χ0n) is 24.2. The highest BCUT2D eigenvalue weighted by Crippen LogP contribution is 2.57. The fraction of sp³-hybridized carbons (Fsp3) is 0.806. The van der Waals surface area contributed by atoms with Gasteiger partial charge in [-0.25, -0.2) is 0 Å². The Morgan fingerprint density at radius 3 is 2.28 bits per heavy atom. The van der Waals surface area contributed by atoms with Crippen molar-refractivity contribution in [2.45, 2.75) is 129 Å². The fourth-order valence-electron chi connectivity index (χ4n) is 6.36. The number of benzene rings is 1. The third-order valence-corrected chi connectivity index (χ3v) is 14.1. The van der Waals surface area contributed by atoms with E-state index in [4.69, 9.17) is 13.9 Å². The van der Waals surface area contributed by atoms with Crippen LogP contribution in [0.5, 0.6) is 0 Å². The van der Waals surface area contributed by atoms with Crippen LogP contribution in [0.2, 0.25) is 18.1 Å². The molecule has 1 heterocycles. The van der Waals surface area contributed by atoms with Gasteiger partial charge in [-0.2, -0.15) is 0 Å². The van der Waals surface area contributed by atoms with Crippen LogP contribution in [-0.2, 0) is 13.9 Å². The summed E-state index contributed by atoms with van der Waals surface area (Å²) in [4.78, 5) is 0. The number of hydrogen-bond donors (Lipinski definition) is 1. The lowest BCUT2D eigenvalue weighted by molar-refractivity contribution is -0.298. The predicted molar refractivity (Wildman–Crippen MR) is 150 cm³/mol. The Morgan fingerprint density at radius 2 is 1.69 bits per heavy atom. The van der Waals surface area contributed by atoms with Crippen molar-refractivity contribution in [3.8, 4) is 0 Å². The highest BCUT2D eigenvalue weighted by molar-refractivity contribution is 6.74. The quantitative estimate of drug-likeness (QED) is 0.281. The standard InChI is InChI=1S/C31H52O4Si/c1-9-10-11-12-27(35-36(7,8)29(2,3)4)22-13-15-23(16-14-22)28-25-19-31(18-24(25)17-26(28)32)33-20-30(5,6)21-34-31/h13-16,24-28,32H,9-12,17-21H2,1-8H3/t24-,25+,26-,27+,28-/m1/s1. The van der Waals surface area contributed by atoms with Gasteiger partial charge in [0.15, 0.2) is 14.1 Å². The van der Waals surface area contributed by atoms with Crippen molar-refractivity contribution in [3.05, 3.63) is 35.4 Å². The average Bonchev–Trinajstić information content (AvgIpc) is 3.27. The molecule has 1 aromatic rings. The third kappa shape index (κ3) is 5.96. The molecular weight excluding hydrogens is 464 g/mol. The molecule has 0 unspecified atom stereocenters. The molecule has 204 valence electrons. The molecule has 1 aliphatic heterocycles. The minimum Gasteiger partial charge on any atom is -0.410 e. The second-order valence-electron chi connectivity index (χ2n) is 14.3. The van der Waals surface area contributed by atoms with Crippen molar-refractivity contribution in [3.63, 3.8) is 0 Å². The molecule has 0 bridgehead atoms. The summed E-state index contributed by atoms with van der Waals surface area (Å²) < 4.78 is 19.6. The summed E-state index contributed by atoms with van der Waals surface area (Å²) in [5.41, 5.74) is 2.62. The highest BCUT2D eigenvalue weighted by Gasteiger charge is 2.57. The van der Waals surface area contributed by atoms with E-state index in [2.05, 4.69) is 78.9 Å². The van der Waals surface area contributed by atoms with Crippen LogP contribution < -0.4 is 0 Å². The molecule has 1 N–H and O–H groups in total. The molecule has 36 heavy (non-hydrogen) atoms. The van der Waals surface area contributed by atoms with Gasteiger partial charge in [0.05, 0.1) is 25.4 Å². The number of aliphatic hydroxyl groups excluding tert-OH is 1. The van der Waals surface area contributed by atoms with Crippen molar-refractivity contribution in [2.75, 3.05) is 13.2 Å². The summed E-state index contributed by atoms with van der Waals surface area (Å²) in [6.45, 7) is 19.8. The average molecular weight is 517 g/mol. The van der Waals surface area contributed by atoms with Gasteiger partial charge in [-0.15, -0.1) is 0 Å². The molecule has 0 aromatic heterocycles. The summed E-state index contributed by atoms with van der Waals surface area (Å²) in [7, 11) is -1.88. The van der Waals surface area contributed by atoms with Crippen molar-refractivity contribution in [2.24, 2.45) is 17.3 Å². The van der Waals surface area contributed by atoms with Gasteiger partial charge >= 0.3 is 0 Å². The van der Waals surface area contributed by atoms with E-state index in [0.29, 0.717) is 11.8 Å². The maximum atomic E-state index is 11.1. The Balaban J connectivity index is 1.49. The number of ether oxygens (including phenoxy) is 2. The number of aliphatic hydroxyl groups is 1. The Bertz CT molecular complexity index is 862. The Hall–Kier alpha value is -0.723. The summed E-state index contributed by atoms with van der Waals surface area (Å²) in [6, 6.07) is 9.09. The summed E-state index contributed by atoms with van der Waals surface area (Å²) in [6.07, 6.45) is 7.26. The molecule has 3 fully saturated rings. The third-order valence-electron chi connectivity index (χ3n) is 9.60. The van der Waals surface area contributed by atoms with E-state index >= 15 is 0 Å². The molecule has 3 aliphatic rings. The van der Waals surface area contributed by atoms with Crippen LogP contribution in [0.15, 0.2) is 24.3 Å². The van der Waals surface area contributed by atoms with Gasteiger partial charge in [-0.3, -0.25) is 0 Å². The zero-order chi connectivity index (χ0) is 26.4. The van der Waals surface area contributed by atoms with Gasteiger partial charge in [-0.05, 0) is 53.9 Å². The lowest BCUT2D eigenvalue weighted by atomic mass is 9.84. The van der Waals surface area contributed by atoms with Crippen LogP contribution in [0.1, 0.15) is 110 Å². The first-order chi connectivity index (χ1) is 16.8. The number of rotatable bonds is 8. The lowest BCUT2D eigenvalue weighted by Gasteiger charge is -2.42. The molecule has 4 nitrogen and oxygen atoms in total. The number of unbranched alkanes of at least 4 members (excludes halogenated alkanes) is 2. The minimum atomic E-state index is -1.88. The van der Waals surface area contributed by atoms with E-state index in [9.17, 15) is 5.11 Å². The maximum Gasteiger partial charge on any atom is 0.192 e. The molecule has 0 amide bonds. The number of fused-ring (bicyclic) bond motifs is 1. The zero-order valence-corrected chi connectivity index (χ0v) is 25.2. The predicted octanol–water partition coefficient (Wildman–Crippen LogP) is 7.97. The molecule has 1 spiro atoms. The largest absolute Gasteiger partial charge is 0.410 e. The van der Waals surface area contributed by atoms with Crippen LogP contribution in [0.4, 0.5) is 0 Å². The summed E-state index contributed by atoms with van der Waals surface area (Å²) in [5.74, 6) is 0.598. The summed E-state index contributed by atoms with van der Waals surface area (Å²) in [5, 5.41) is 11.3. The SMILES string of the molecule is CCCCC[C@H](O[Si](C)(C)C(C)(C)C)c1ccc([C@@H]2[C@H]3CC4(C[C@H]3C[C@H]2O)OCC(C)(C)CO4)cc1. The van der Waals surface area contributed by atoms with Crippen molar-refractivity contribution in [1.82, 2.24) is 0 Å². The van der Waals surface area contributed by atoms with Crippen LogP contribution >= 0.6 is 0 Å². The molecule has 0 radical (unpaired) electrons. The van der Waals surface area contributed by atoms with E-state index < -0.39 is 14.1 Å². The molecule has 1 saturated heterocycles. The van der Waals surface area contributed by atoms with Crippen LogP contribution in [0, 0.1) is 17.3 Å². The Morgan fingerprint density at radius 1 is 1.06 bits per heavy atom. The van der Waals surface area contributed by atoms with E-state index in [1.54, 1.807) is 0 Å². The van der Waals surface area contributed by atoms with Crippen LogP contribution in [-0.4, -0.2) is 38.5 Å². The van der Waals surface area contributed by atoms with Crippen LogP contribution in [0.3, 0.4) is 0 Å². The van der Waals surface area contributed by atoms with Crippen molar-refractivity contribution in [1.29, 1.82) is 0 Å². The van der Waals surface area contributed by atoms with E-state index in [0.717, 1.165) is 38.9 Å². The first-order valence-electron chi connectivity index (χ1n) is 14.5. The topological polar surface area (TPSA) is 47.9 Å². The van der Waals surface area contributed by atoms with Gasteiger partial charge in [0.1, 0.15) is 0 Å². The second kappa shape index (κ2) is 10.4. The first-order valence-corrected chi connectivity index (χ1v) is 17.4. The highest BCUT2D eigenvalue weighted by atomic mass is 28.4. The molecule has 5 heteroatoms. The lowest BCUT2D eigenvalue weighted by Crippen LogP contribution is -2.46. The van der Waals surface area contributed by atoms with Gasteiger partial charge in [0.2, 0.25) is 0 Å². The van der Waals surface area contributed by atoms with Gasteiger partial charge < -0.3 is 19.0 Å². The fourth-order valence-corrected chi connectivity index (χ4v) is 7.68. The maximum absolute atomic E-state index is 11.1. The smallest absolute Gasteiger partial charge is 0.192 e. The van der Waals surface area contributed by atoms with Gasteiger partial charge in [0.25, 0.3) is 0 Å². The van der Waals surface area contributed by atoms with E-state index in [-0.39, 0.29) is 28.6 Å². The normalized spacial score (nSPS) is 30.5. The molecule has 4 rings (SSSR count). The molecular formula is C31H52O4Si. The second-order valence-corrected chi connectivity index (χ2v) is 19.1. The van der Waals surface area contributed by atoms with Crippen LogP contribution in [0.25, 0.3) is 0 Å². The summed E-state index contributed by atoms with van der Waals surface area (Å²) >= 11 is 0. The van der Waals surface area contributed by atoms with E-state index in [1.807, 2.05) is 0 Å². The Kier molecular flexibility index (Phi) is 8.21. The van der Waals surface area contributed by atoms with E-state index in [1.165, 1.54) is 30.4 Å². The first kappa shape index (κ1) is 28.3. The minimum absolute atomic E-state index is 0.0812.